The van der Waals surface area contributed by atoms with Gasteiger partial charge in [-0.05, 0) is 19.4 Å². The van der Waals surface area contributed by atoms with Gasteiger partial charge in [0.05, 0.1) is 13.2 Å². The first kappa shape index (κ1) is 13.2. The predicted octanol–water partition coefficient (Wildman–Crippen LogP) is 1.92. The first-order chi connectivity index (χ1) is 8.57. The van der Waals surface area contributed by atoms with Crippen LogP contribution in [0.15, 0.2) is 30.3 Å². The standard InChI is InChI=1S/C14H18O4/c1-14(2)17-9-12(15)13(18-14)10-16-8-11-6-4-3-5-7-11/h3-7,13H,8-10H2,1-2H3/t13-/m0/s1. The summed E-state index contributed by atoms with van der Waals surface area (Å²) in [6, 6.07) is 9.83. The number of Topliss-reactive ketones (excluding diaryl/α,β-unsaturated/α-hetero) is 1. The summed E-state index contributed by atoms with van der Waals surface area (Å²) in [6.45, 7) is 4.43. The fourth-order valence-electron chi connectivity index (χ4n) is 1.77. The van der Waals surface area contributed by atoms with Gasteiger partial charge in [-0.15, -0.1) is 0 Å². The molecule has 1 aromatic rings. The van der Waals surface area contributed by atoms with Crippen LogP contribution in [0.3, 0.4) is 0 Å². The van der Waals surface area contributed by atoms with Crippen LogP contribution in [0.25, 0.3) is 0 Å². The van der Waals surface area contributed by atoms with Gasteiger partial charge in [-0.2, -0.15) is 0 Å². The average molecular weight is 250 g/mol. The summed E-state index contributed by atoms with van der Waals surface area (Å²) >= 11 is 0. The van der Waals surface area contributed by atoms with Gasteiger partial charge >= 0.3 is 0 Å². The van der Waals surface area contributed by atoms with Crippen molar-refractivity contribution >= 4 is 5.78 Å². The van der Waals surface area contributed by atoms with Crippen molar-refractivity contribution in [1.82, 2.24) is 0 Å². The number of benzene rings is 1. The molecule has 0 N–H and O–H groups in total. The van der Waals surface area contributed by atoms with E-state index in [4.69, 9.17) is 14.2 Å². The monoisotopic (exact) mass is 250 g/mol. The molecular weight excluding hydrogens is 232 g/mol. The highest BCUT2D eigenvalue weighted by Gasteiger charge is 2.35. The van der Waals surface area contributed by atoms with E-state index in [1.165, 1.54) is 0 Å². The van der Waals surface area contributed by atoms with E-state index < -0.39 is 11.9 Å². The molecule has 1 fully saturated rings. The maximum absolute atomic E-state index is 11.6. The van der Waals surface area contributed by atoms with E-state index in [0.717, 1.165) is 5.56 Å². The summed E-state index contributed by atoms with van der Waals surface area (Å²) in [5.41, 5.74) is 1.08. The van der Waals surface area contributed by atoms with Crippen molar-refractivity contribution in [2.45, 2.75) is 32.3 Å². The Bertz CT molecular complexity index is 400. The van der Waals surface area contributed by atoms with Crippen molar-refractivity contribution in [2.75, 3.05) is 13.2 Å². The molecule has 1 aromatic carbocycles. The zero-order valence-corrected chi connectivity index (χ0v) is 10.7. The van der Waals surface area contributed by atoms with Crippen molar-refractivity contribution in [1.29, 1.82) is 0 Å². The lowest BCUT2D eigenvalue weighted by molar-refractivity contribution is -0.264. The maximum Gasteiger partial charge on any atom is 0.189 e. The van der Waals surface area contributed by atoms with Gasteiger partial charge < -0.3 is 14.2 Å². The Morgan fingerprint density at radius 2 is 2.06 bits per heavy atom. The Hall–Kier alpha value is -1.23. The number of hydrogen-bond donors (Lipinski definition) is 0. The minimum Gasteiger partial charge on any atom is -0.374 e. The molecule has 4 nitrogen and oxygen atoms in total. The molecular formula is C14H18O4. The Morgan fingerprint density at radius 1 is 1.33 bits per heavy atom. The number of carbonyl (C=O) groups is 1. The van der Waals surface area contributed by atoms with E-state index in [9.17, 15) is 4.79 Å². The number of rotatable bonds is 4. The highest BCUT2D eigenvalue weighted by molar-refractivity contribution is 5.84. The van der Waals surface area contributed by atoms with Gasteiger partial charge in [-0.1, -0.05) is 30.3 Å². The molecule has 0 saturated carbocycles. The van der Waals surface area contributed by atoms with Crippen molar-refractivity contribution in [2.24, 2.45) is 0 Å². The molecule has 0 unspecified atom stereocenters. The smallest absolute Gasteiger partial charge is 0.189 e. The van der Waals surface area contributed by atoms with Crippen LogP contribution in [0.1, 0.15) is 19.4 Å². The molecule has 1 heterocycles. The van der Waals surface area contributed by atoms with E-state index in [1.807, 2.05) is 30.3 Å². The summed E-state index contributed by atoms with van der Waals surface area (Å²) < 4.78 is 16.3. The molecule has 2 rings (SSSR count). The first-order valence-electron chi connectivity index (χ1n) is 6.03. The molecule has 98 valence electrons. The second kappa shape index (κ2) is 5.61. The van der Waals surface area contributed by atoms with E-state index in [-0.39, 0.29) is 19.0 Å². The van der Waals surface area contributed by atoms with E-state index in [2.05, 4.69) is 0 Å². The van der Waals surface area contributed by atoms with Crippen LogP contribution in [0.4, 0.5) is 0 Å². The van der Waals surface area contributed by atoms with Crippen molar-refractivity contribution in [3.63, 3.8) is 0 Å². The first-order valence-corrected chi connectivity index (χ1v) is 6.03. The second-order valence-corrected chi connectivity index (χ2v) is 4.76. The van der Waals surface area contributed by atoms with Crippen molar-refractivity contribution in [3.05, 3.63) is 35.9 Å². The van der Waals surface area contributed by atoms with Gasteiger partial charge in [0, 0.05) is 0 Å². The molecule has 1 saturated heterocycles. The van der Waals surface area contributed by atoms with Gasteiger partial charge in [0.1, 0.15) is 12.7 Å². The third-order valence-electron chi connectivity index (χ3n) is 2.73. The van der Waals surface area contributed by atoms with Gasteiger partial charge in [0.15, 0.2) is 11.6 Å². The maximum atomic E-state index is 11.6. The van der Waals surface area contributed by atoms with Crippen LogP contribution < -0.4 is 0 Å². The lowest BCUT2D eigenvalue weighted by Gasteiger charge is -2.34. The van der Waals surface area contributed by atoms with Crippen LogP contribution in [0.5, 0.6) is 0 Å². The molecule has 0 aromatic heterocycles. The minimum absolute atomic E-state index is 0.0672. The number of ketones is 1. The SMILES string of the molecule is CC1(C)OCC(=O)[C@H](COCc2ccccc2)O1. The van der Waals surface area contributed by atoms with Gasteiger partial charge in [0.25, 0.3) is 0 Å². The topological polar surface area (TPSA) is 44.8 Å². The second-order valence-electron chi connectivity index (χ2n) is 4.76. The van der Waals surface area contributed by atoms with E-state index in [0.29, 0.717) is 6.61 Å². The molecule has 4 heteroatoms. The molecule has 1 aliphatic rings. The summed E-state index contributed by atoms with van der Waals surface area (Å²) in [4.78, 5) is 11.6. The van der Waals surface area contributed by atoms with Crippen LogP contribution >= 0.6 is 0 Å². The summed E-state index contributed by atoms with van der Waals surface area (Å²) in [6.07, 6.45) is -0.530. The third kappa shape index (κ3) is 3.63. The van der Waals surface area contributed by atoms with E-state index in [1.54, 1.807) is 13.8 Å². The Kier molecular flexibility index (Phi) is 4.11. The third-order valence-corrected chi connectivity index (χ3v) is 2.73. The largest absolute Gasteiger partial charge is 0.374 e. The summed E-state index contributed by atoms with van der Waals surface area (Å²) in [5.74, 6) is -0.781. The molecule has 0 radical (unpaired) electrons. The van der Waals surface area contributed by atoms with E-state index >= 15 is 0 Å². The van der Waals surface area contributed by atoms with Crippen LogP contribution in [-0.4, -0.2) is 30.9 Å². The zero-order chi connectivity index (χ0) is 13.0. The Labute approximate surface area is 107 Å². The van der Waals surface area contributed by atoms with Gasteiger partial charge in [0.2, 0.25) is 0 Å². The lowest BCUT2D eigenvalue weighted by Crippen LogP contribution is -2.48. The average Bonchev–Trinajstić information content (AvgIpc) is 2.35. The number of hydrogen-bond acceptors (Lipinski definition) is 4. The highest BCUT2D eigenvalue weighted by Crippen LogP contribution is 2.20. The molecule has 1 aliphatic heterocycles. The summed E-state index contributed by atoms with van der Waals surface area (Å²) in [7, 11) is 0. The fraction of sp³-hybridized carbons (Fsp3) is 0.500. The van der Waals surface area contributed by atoms with Crippen LogP contribution in [-0.2, 0) is 25.6 Å². The quantitative estimate of drug-likeness (QED) is 0.819. The minimum atomic E-state index is -0.714. The van der Waals surface area contributed by atoms with Gasteiger partial charge in [-0.25, -0.2) is 0 Å². The Morgan fingerprint density at radius 3 is 2.78 bits per heavy atom. The zero-order valence-electron chi connectivity index (χ0n) is 10.7. The highest BCUT2D eigenvalue weighted by atomic mass is 16.7. The van der Waals surface area contributed by atoms with Crippen LogP contribution in [0.2, 0.25) is 0 Å². The van der Waals surface area contributed by atoms with Gasteiger partial charge in [-0.3, -0.25) is 4.79 Å². The fourth-order valence-corrected chi connectivity index (χ4v) is 1.77. The summed E-state index contributed by atoms with van der Waals surface area (Å²) in [5, 5.41) is 0. The molecule has 1 atom stereocenters. The number of ether oxygens (including phenoxy) is 3. The lowest BCUT2D eigenvalue weighted by atomic mass is 10.2. The number of carbonyl (C=O) groups excluding carboxylic acids is 1. The predicted molar refractivity (Wildman–Crippen MR) is 66.0 cm³/mol. The van der Waals surface area contributed by atoms with Crippen molar-refractivity contribution in [3.8, 4) is 0 Å². The normalized spacial score (nSPS) is 23.0. The molecule has 18 heavy (non-hydrogen) atoms. The Balaban J connectivity index is 1.81. The van der Waals surface area contributed by atoms with Crippen LogP contribution in [0, 0.1) is 0 Å². The molecule has 0 bridgehead atoms. The molecule has 0 spiro atoms. The molecule has 0 aliphatic carbocycles. The molecule has 0 amide bonds. The van der Waals surface area contributed by atoms with Crippen molar-refractivity contribution < 1.29 is 19.0 Å².